The first-order chi connectivity index (χ1) is 14.4. The van der Waals surface area contributed by atoms with Crippen LogP contribution in [0.25, 0.3) is 0 Å². The summed E-state index contributed by atoms with van der Waals surface area (Å²) in [6.07, 6.45) is 0.427. The van der Waals surface area contributed by atoms with Gasteiger partial charge in [-0.1, -0.05) is 24.3 Å². The van der Waals surface area contributed by atoms with Crippen LogP contribution in [0.1, 0.15) is 11.1 Å². The Bertz CT molecular complexity index is 1170. The molecule has 30 heavy (non-hydrogen) atoms. The number of nitrogens with one attached hydrogen (secondary N) is 2. The van der Waals surface area contributed by atoms with Crippen LogP contribution in [-0.4, -0.2) is 14.3 Å². The summed E-state index contributed by atoms with van der Waals surface area (Å²) < 4.78 is 40.1. The topological polar surface area (TPSA) is 99.1 Å². The second-order valence-corrected chi connectivity index (χ2v) is 8.20. The first kappa shape index (κ1) is 21.0. The van der Waals surface area contributed by atoms with Gasteiger partial charge in [-0.25, -0.2) is 12.8 Å². The highest BCUT2D eigenvalue weighted by Crippen LogP contribution is 2.18. The number of anilines is 2. The summed E-state index contributed by atoms with van der Waals surface area (Å²) in [4.78, 5) is 12.2. The van der Waals surface area contributed by atoms with Crippen molar-refractivity contribution in [3.8, 4) is 6.07 Å². The minimum atomic E-state index is -3.83. The quantitative estimate of drug-likeness (QED) is 0.603. The summed E-state index contributed by atoms with van der Waals surface area (Å²) in [6.45, 7) is 0. The maximum absolute atomic E-state index is 13.0. The molecule has 0 aliphatic rings. The number of carbonyl (C=O) groups excluding carboxylic acids is 1. The lowest BCUT2D eigenvalue weighted by molar-refractivity contribution is -0.115. The number of amides is 1. The molecule has 2 N–H and O–H groups in total. The van der Waals surface area contributed by atoms with Crippen molar-refractivity contribution in [3.05, 3.63) is 89.7 Å². The van der Waals surface area contributed by atoms with Gasteiger partial charge in [-0.05, 0) is 59.7 Å². The van der Waals surface area contributed by atoms with Gasteiger partial charge in [0.2, 0.25) is 5.91 Å². The summed E-state index contributed by atoms with van der Waals surface area (Å²) >= 11 is 0. The van der Waals surface area contributed by atoms with E-state index < -0.39 is 15.8 Å². The van der Waals surface area contributed by atoms with Crippen molar-refractivity contribution < 1.29 is 17.6 Å². The molecule has 6 nitrogen and oxygen atoms in total. The van der Waals surface area contributed by atoms with E-state index in [1.165, 1.54) is 12.1 Å². The molecule has 3 aromatic rings. The van der Waals surface area contributed by atoms with Gasteiger partial charge in [0.05, 0.1) is 23.8 Å². The highest BCUT2D eigenvalue weighted by Gasteiger charge is 2.14. The number of hydrogen-bond donors (Lipinski definition) is 2. The van der Waals surface area contributed by atoms with Gasteiger partial charge in [0.1, 0.15) is 5.82 Å². The smallest absolute Gasteiger partial charge is 0.261 e. The number of nitrogens with zero attached hydrogens (tertiary/aromatic N) is 1. The molecule has 0 bridgehead atoms. The number of nitriles is 1. The molecule has 3 aromatic carbocycles. The van der Waals surface area contributed by atoms with Gasteiger partial charge in [-0.2, -0.15) is 5.26 Å². The third kappa shape index (κ3) is 5.65. The molecule has 0 saturated carbocycles. The number of hydrogen-bond acceptors (Lipinski definition) is 4. The molecule has 0 fully saturated rings. The van der Waals surface area contributed by atoms with Crippen molar-refractivity contribution in [2.45, 2.75) is 17.7 Å². The van der Waals surface area contributed by atoms with Crippen LogP contribution in [0.2, 0.25) is 0 Å². The summed E-state index contributed by atoms with van der Waals surface area (Å²) in [5, 5.41) is 11.5. The standard InChI is InChI=1S/C22H18FN3O3S/c23-18-5-11-21(12-6-18)30(28,29)26-20-9-3-17(4-10-20)15-22(27)25-19-7-1-16(2-8-19)13-14-24/h1-12,26H,13,15H2,(H,25,27). The first-order valence-corrected chi connectivity index (χ1v) is 10.5. The molecule has 0 radical (unpaired) electrons. The second kappa shape index (κ2) is 9.20. The molecule has 0 unspecified atom stereocenters. The van der Waals surface area contributed by atoms with Crippen LogP contribution >= 0.6 is 0 Å². The zero-order chi connectivity index (χ0) is 21.6. The van der Waals surface area contributed by atoms with Crippen LogP contribution < -0.4 is 10.0 Å². The van der Waals surface area contributed by atoms with Gasteiger partial charge in [0.15, 0.2) is 0 Å². The van der Waals surface area contributed by atoms with Gasteiger partial charge in [-0.15, -0.1) is 0 Å². The largest absolute Gasteiger partial charge is 0.326 e. The minimum Gasteiger partial charge on any atom is -0.326 e. The maximum Gasteiger partial charge on any atom is 0.261 e. The van der Waals surface area contributed by atoms with Crippen molar-refractivity contribution in [3.63, 3.8) is 0 Å². The molecule has 0 aromatic heterocycles. The SMILES string of the molecule is N#CCc1ccc(NC(=O)Cc2ccc(NS(=O)(=O)c3ccc(F)cc3)cc2)cc1. The van der Waals surface area contributed by atoms with Crippen molar-refractivity contribution in [1.82, 2.24) is 0 Å². The molecular formula is C22H18FN3O3S. The van der Waals surface area contributed by atoms with E-state index in [4.69, 9.17) is 5.26 Å². The summed E-state index contributed by atoms with van der Waals surface area (Å²) in [5.74, 6) is -0.739. The molecule has 0 saturated heterocycles. The Labute approximate surface area is 174 Å². The average molecular weight is 423 g/mol. The Kier molecular flexibility index (Phi) is 6.45. The lowest BCUT2D eigenvalue weighted by Crippen LogP contribution is -2.15. The van der Waals surface area contributed by atoms with Crippen LogP contribution in [0.4, 0.5) is 15.8 Å². The van der Waals surface area contributed by atoms with E-state index in [-0.39, 0.29) is 17.2 Å². The van der Waals surface area contributed by atoms with E-state index >= 15 is 0 Å². The van der Waals surface area contributed by atoms with E-state index in [0.717, 1.165) is 17.7 Å². The van der Waals surface area contributed by atoms with Gasteiger partial charge in [0, 0.05) is 11.4 Å². The normalized spacial score (nSPS) is 10.8. The number of benzene rings is 3. The fourth-order valence-corrected chi connectivity index (χ4v) is 3.76. The Morgan fingerprint density at radius 3 is 2.03 bits per heavy atom. The van der Waals surface area contributed by atoms with Gasteiger partial charge < -0.3 is 5.32 Å². The molecule has 0 aliphatic carbocycles. The number of rotatable bonds is 7. The molecule has 3 rings (SSSR count). The molecule has 8 heteroatoms. The number of sulfonamides is 1. The van der Waals surface area contributed by atoms with Crippen molar-refractivity contribution >= 4 is 27.3 Å². The predicted octanol–water partition coefficient (Wildman–Crippen LogP) is 3.87. The van der Waals surface area contributed by atoms with Crippen LogP contribution in [0.3, 0.4) is 0 Å². The molecule has 0 aliphatic heterocycles. The lowest BCUT2D eigenvalue weighted by atomic mass is 10.1. The zero-order valence-electron chi connectivity index (χ0n) is 15.8. The highest BCUT2D eigenvalue weighted by atomic mass is 32.2. The van der Waals surface area contributed by atoms with E-state index in [9.17, 15) is 17.6 Å². The fourth-order valence-electron chi connectivity index (χ4n) is 2.71. The van der Waals surface area contributed by atoms with Crippen LogP contribution in [0.15, 0.2) is 77.7 Å². The van der Waals surface area contributed by atoms with E-state index in [1.807, 2.05) is 0 Å². The van der Waals surface area contributed by atoms with Crippen LogP contribution in [0, 0.1) is 17.1 Å². The molecule has 0 atom stereocenters. The third-order valence-electron chi connectivity index (χ3n) is 4.22. The fraction of sp³-hybridized carbons (Fsp3) is 0.0909. The van der Waals surface area contributed by atoms with Crippen LogP contribution in [0.5, 0.6) is 0 Å². The molecular weight excluding hydrogens is 405 g/mol. The Morgan fingerprint density at radius 2 is 1.43 bits per heavy atom. The monoisotopic (exact) mass is 423 g/mol. The highest BCUT2D eigenvalue weighted by molar-refractivity contribution is 7.92. The Hall–Kier alpha value is -3.70. The van der Waals surface area contributed by atoms with Gasteiger partial charge in [-0.3, -0.25) is 9.52 Å². The summed E-state index contributed by atoms with van der Waals surface area (Å²) in [7, 11) is -3.83. The zero-order valence-corrected chi connectivity index (χ0v) is 16.6. The number of halogens is 1. The molecule has 1 amide bonds. The average Bonchev–Trinajstić information content (AvgIpc) is 2.71. The van der Waals surface area contributed by atoms with E-state index in [2.05, 4.69) is 16.1 Å². The van der Waals surface area contributed by atoms with Crippen molar-refractivity contribution in [2.75, 3.05) is 10.0 Å². The van der Waals surface area contributed by atoms with Crippen molar-refractivity contribution in [1.29, 1.82) is 5.26 Å². The molecule has 0 spiro atoms. The second-order valence-electron chi connectivity index (χ2n) is 6.51. The Balaban J connectivity index is 1.59. The summed E-state index contributed by atoms with van der Waals surface area (Å²) in [6, 6.07) is 20.0. The van der Waals surface area contributed by atoms with Gasteiger partial charge >= 0.3 is 0 Å². The van der Waals surface area contributed by atoms with E-state index in [1.54, 1.807) is 48.5 Å². The maximum atomic E-state index is 13.0. The lowest BCUT2D eigenvalue weighted by Gasteiger charge is -2.09. The first-order valence-electron chi connectivity index (χ1n) is 8.99. The number of carbonyl (C=O) groups is 1. The van der Waals surface area contributed by atoms with Crippen molar-refractivity contribution in [2.24, 2.45) is 0 Å². The Morgan fingerprint density at radius 1 is 0.867 bits per heavy atom. The van der Waals surface area contributed by atoms with E-state index in [0.29, 0.717) is 23.4 Å². The molecule has 152 valence electrons. The van der Waals surface area contributed by atoms with Crippen LogP contribution in [-0.2, 0) is 27.7 Å². The predicted molar refractivity (Wildman–Crippen MR) is 112 cm³/mol. The molecule has 0 heterocycles. The van der Waals surface area contributed by atoms with Gasteiger partial charge in [0.25, 0.3) is 10.0 Å². The minimum absolute atomic E-state index is 0.0480. The summed E-state index contributed by atoms with van der Waals surface area (Å²) in [5.41, 5.74) is 2.54. The third-order valence-corrected chi connectivity index (χ3v) is 5.61.